The van der Waals surface area contributed by atoms with E-state index in [1.807, 2.05) is 0 Å². The normalized spacial score (nSPS) is 29.3. The van der Waals surface area contributed by atoms with Crippen molar-refractivity contribution in [2.45, 2.75) is 56.4 Å². The number of carbonyl (C=O) groups is 2. The Kier molecular flexibility index (Phi) is 2.99. The molecule has 2 atom stereocenters. The maximum Gasteiger partial charge on any atom is 0.307 e. The van der Waals surface area contributed by atoms with Gasteiger partial charge in [-0.1, -0.05) is 18.0 Å². The number of nitrogens with zero attached hydrogens (tertiary/aromatic N) is 2. The Labute approximate surface area is 127 Å². The zero-order valence-electron chi connectivity index (χ0n) is 12.2. The lowest BCUT2D eigenvalue weighted by atomic mass is 9.96. The molecular formula is C15H19N3O4. The molecule has 3 fully saturated rings. The SMILES string of the molecule is O=C(O)C1CC1C(=O)NC1(c2noc(C3CC3)n2)CCCC1. The van der Waals surface area contributed by atoms with Gasteiger partial charge in [0.1, 0.15) is 5.54 Å². The molecular weight excluding hydrogens is 286 g/mol. The molecule has 1 aromatic heterocycles. The summed E-state index contributed by atoms with van der Waals surface area (Å²) in [6, 6.07) is 0. The van der Waals surface area contributed by atoms with Gasteiger partial charge in [0.25, 0.3) is 0 Å². The molecule has 3 saturated carbocycles. The Balaban J connectivity index is 1.52. The van der Waals surface area contributed by atoms with Crippen LogP contribution in [0.15, 0.2) is 4.52 Å². The van der Waals surface area contributed by atoms with Crippen molar-refractivity contribution in [1.29, 1.82) is 0 Å². The number of hydrogen-bond donors (Lipinski definition) is 2. The molecule has 7 heteroatoms. The Morgan fingerprint density at radius 2 is 1.95 bits per heavy atom. The molecule has 0 saturated heterocycles. The van der Waals surface area contributed by atoms with Crippen LogP contribution in [0, 0.1) is 11.8 Å². The number of carboxylic acid groups (broad SMARTS) is 1. The van der Waals surface area contributed by atoms with Crippen LogP contribution in [-0.2, 0) is 15.1 Å². The monoisotopic (exact) mass is 305 g/mol. The largest absolute Gasteiger partial charge is 0.481 e. The quantitative estimate of drug-likeness (QED) is 0.855. The smallest absolute Gasteiger partial charge is 0.307 e. The van der Waals surface area contributed by atoms with E-state index in [9.17, 15) is 9.59 Å². The number of aliphatic carboxylic acids is 1. The van der Waals surface area contributed by atoms with Gasteiger partial charge in [-0.05, 0) is 32.1 Å². The molecule has 0 bridgehead atoms. The molecule has 1 amide bonds. The molecule has 118 valence electrons. The van der Waals surface area contributed by atoms with E-state index in [-0.39, 0.29) is 5.91 Å². The highest BCUT2D eigenvalue weighted by molar-refractivity contribution is 5.89. The highest BCUT2D eigenvalue weighted by Crippen LogP contribution is 2.44. The number of carbonyl (C=O) groups excluding carboxylic acids is 1. The van der Waals surface area contributed by atoms with E-state index in [2.05, 4.69) is 15.5 Å². The van der Waals surface area contributed by atoms with Gasteiger partial charge in [-0.15, -0.1) is 0 Å². The second-order valence-corrected chi connectivity index (χ2v) is 6.80. The van der Waals surface area contributed by atoms with Gasteiger partial charge in [-0.2, -0.15) is 4.98 Å². The van der Waals surface area contributed by atoms with Crippen molar-refractivity contribution in [3.8, 4) is 0 Å². The third-order valence-electron chi connectivity index (χ3n) is 5.06. The van der Waals surface area contributed by atoms with E-state index < -0.39 is 23.3 Å². The molecule has 0 aliphatic heterocycles. The molecule has 2 N–H and O–H groups in total. The average molecular weight is 305 g/mol. The first kappa shape index (κ1) is 13.7. The molecule has 3 aliphatic carbocycles. The summed E-state index contributed by atoms with van der Waals surface area (Å²) in [7, 11) is 0. The van der Waals surface area contributed by atoms with Gasteiger partial charge in [0, 0.05) is 5.92 Å². The maximum absolute atomic E-state index is 12.3. The summed E-state index contributed by atoms with van der Waals surface area (Å²) in [5.74, 6) is -0.410. The van der Waals surface area contributed by atoms with Crippen molar-refractivity contribution < 1.29 is 19.2 Å². The van der Waals surface area contributed by atoms with Crippen LogP contribution in [0.5, 0.6) is 0 Å². The first-order valence-corrected chi connectivity index (χ1v) is 7.98. The van der Waals surface area contributed by atoms with Crippen molar-refractivity contribution in [3.63, 3.8) is 0 Å². The summed E-state index contributed by atoms with van der Waals surface area (Å²) in [4.78, 5) is 27.8. The summed E-state index contributed by atoms with van der Waals surface area (Å²) >= 11 is 0. The second kappa shape index (κ2) is 4.79. The molecule has 0 spiro atoms. The van der Waals surface area contributed by atoms with E-state index in [1.165, 1.54) is 0 Å². The molecule has 7 nitrogen and oxygen atoms in total. The van der Waals surface area contributed by atoms with Gasteiger partial charge in [-0.25, -0.2) is 0 Å². The van der Waals surface area contributed by atoms with Crippen LogP contribution < -0.4 is 5.32 Å². The van der Waals surface area contributed by atoms with Crippen LogP contribution in [0.4, 0.5) is 0 Å². The van der Waals surface area contributed by atoms with Crippen LogP contribution in [0.3, 0.4) is 0 Å². The molecule has 22 heavy (non-hydrogen) atoms. The topological polar surface area (TPSA) is 105 Å². The molecule has 3 aliphatic rings. The highest BCUT2D eigenvalue weighted by atomic mass is 16.5. The fourth-order valence-electron chi connectivity index (χ4n) is 3.39. The maximum atomic E-state index is 12.3. The summed E-state index contributed by atoms with van der Waals surface area (Å²) in [5.41, 5.74) is -0.570. The van der Waals surface area contributed by atoms with E-state index in [4.69, 9.17) is 9.63 Å². The Hall–Kier alpha value is -1.92. The lowest BCUT2D eigenvalue weighted by molar-refractivity contribution is -0.140. The third-order valence-corrected chi connectivity index (χ3v) is 5.06. The van der Waals surface area contributed by atoms with E-state index in [0.29, 0.717) is 24.1 Å². The number of nitrogens with one attached hydrogen (secondary N) is 1. The van der Waals surface area contributed by atoms with E-state index in [0.717, 1.165) is 38.5 Å². The van der Waals surface area contributed by atoms with E-state index in [1.54, 1.807) is 0 Å². The molecule has 1 heterocycles. The average Bonchev–Trinajstić information content (AvgIpc) is 3.39. The first-order chi connectivity index (χ1) is 10.6. The zero-order chi connectivity index (χ0) is 15.3. The van der Waals surface area contributed by atoms with E-state index >= 15 is 0 Å². The molecule has 1 aromatic rings. The fraction of sp³-hybridized carbons (Fsp3) is 0.733. The van der Waals surface area contributed by atoms with Gasteiger partial charge in [0.2, 0.25) is 11.8 Å². The first-order valence-electron chi connectivity index (χ1n) is 7.98. The van der Waals surface area contributed by atoms with Crippen LogP contribution in [0.2, 0.25) is 0 Å². The molecule has 4 rings (SSSR count). The van der Waals surface area contributed by atoms with Crippen molar-refractivity contribution >= 4 is 11.9 Å². The van der Waals surface area contributed by atoms with Crippen LogP contribution in [-0.4, -0.2) is 27.1 Å². The lowest BCUT2D eigenvalue weighted by Gasteiger charge is -2.26. The highest BCUT2D eigenvalue weighted by Gasteiger charge is 2.51. The summed E-state index contributed by atoms with van der Waals surface area (Å²) in [5, 5.41) is 16.1. The number of amides is 1. The lowest BCUT2D eigenvalue weighted by Crippen LogP contribution is -2.45. The minimum Gasteiger partial charge on any atom is -0.481 e. The van der Waals surface area contributed by atoms with Gasteiger partial charge in [-0.3, -0.25) is 9.59 Å². The standard InChI is InChI=1S/C15H19N3O4/c19-11(9-7-10(9)13(20)21)17-15(5-1-2-6-15)14-16-12(22-18-14)8-3-4-8/h8-10H,1-7H2,(H,17,19)(H,20,21). The van der Waals surface area contributed by atoms with Crippen molar-refractivity contribution in [1.82, 2.24) is 15.5 Å². The summed E-state index contributed by atoms with van der Waals surface area (Å²) in [6.45, 7) is 0. The van der Waals surface area contributed by atoms with Gasteiger partial charge in [0.05, 0.1) is 11.8 Å². The Bertz CT molecular complexity index is 616. The van der Waals surface area contributed by atoms with Gasteiger partial charge >= 0.3 is 5.97 Å². The fourth-order valence-corrected chi connectivity index (χ4v) is 3.39. The minimum absolute atomic E-state index is 0.188. The van der Waals surface area contributed by atoms with Crippen molar-refractivity contribution in [2.24, 2.45) is 11.8 Å². The second-order valence-electron chi connectivity index (χ2n) is 6.80. The molecule has 0 aromatic carbocycles. The third kappa shape index (κ3) is 2.28. The minimum atomic E-state index is -0.892. The number of hydrogen-bond acceptors (Lipinski definition) is 5. The molecule has 0 radical (unpaired) electrons. The summed E-state index contributed by atoms with van der Waals surface area (Å²) in [6.07, 6.45) is 6.17. The van der Waals surface area contributed by atoms with Crippen LogP contribution in [0.1, 0.15) is 62.6 Å². The Morgan fingerprint density at radius 3 is 2.55 bits per heavy atom. The summed E-state index contributed by atoms with van der Waals surface area (Å²) < 4.78 is 5.34. The predicted octanol–water partition coefficient (Wildman–Crippen LogP) is 1.55. The van der Waals surface area contributed by atoms with Crippen molar-refractivity contribution in [3.05, 3.63) is 11.7 Å². The molecule has 2 unspecified atom stereocenters. The van der Waals surface area contributed by atoms with Gasteiger partial charge < -0.3 is 14.9 Å². The van der Waals surface area contributed by atoms with Crippen LogP contribution >= 0.6 is 0 Å². The number of aromatic nitrogens is 2. The number of carboxylic acids is 1. The predicted molar refractivity (Wildman–Crippen MR) is 73.8 cm³/mol. The van der Waals surface area contributed by atoms with Crippen molar-refractivity contribution in [2.75, 3.05) is 0 Å². The van der Waals surface area contributed by atoms with Crippen LogP contribution in [0.25, 0.3) is 0 Å². The van der Waals surface area contributed by atoms with Gasteiger partial charge in [0.15, 0.2) is 5.82 Å². The Morgan fingerprint density at radius 1 is 1.23 bits per heavy atom. The zero-order valence-corrected chi connectivity index (χ0v) is 12.2. The number of rotatable bonds is 5.